The summed E-state index contributed by atoms with van der Waals surface area (Å²) in [6.07, 6.45) is 3.10. The highest BCUT2D eigenvalue weighted by atomic mass is 79.9. The van der Waals surface area contributed by atoms with Crippen molar-refractivity contribution < 1.29 is 19.0 Å². The lowest BCUT2D eigenvalue weighted by atomic mass is 10.1. The van der Waals surface area contributed by atoms with Gasteiger partial charge >= 0.3 is 0 Å². The number of nitrogens with one attached hydrogen (secondary N) is 1. The molecule has 6 heteroatoms. The Morgan fingerprint density at radius 2 is 1.62 bits per heavy atom. The van der Waals surface area contributed by atoms with Crippen LogP contribution in [0.5, 0.6) is 17.2 Å². The molecule has 0 saturated carbocycles. The van der Waals surface area contributed by atoms with Gasteiger partial charge < -0.3 is 19.5 Å². The molecule has 5 nitrogen and oxygen atoms in total. The molecular formula is C18H18BrNO4. The normalized spacial score (nSPS) is 10.5. The fourth-order valence-electron chi connectivity index (χ4n) is 2.14. The number of carbonyl (C=O) groups is 1. The van der Waals surface area contributed by atoms with Crippen LogP contribution in [0, 0.1) is 0 Å². The average molecular weight is 392 g/mol. The number of methoxy groups -OCH3 is 3. The summed E-state index contributed by atoms with van der Waals surface area (Å²) in [6, 6.07) is 10.9. The Morgan fingerprint density at radius 1 is 0.958 bits per heavy atom. The van der Waals surface area contributed by atoms with Crippen LogP contribution in [0.1, 0.15) is 5.56 Å². The predicted molar refractivity (Wildman–Crippen MR) is 97.9 cm³/mol. The molecule has 0 unspecified atom stereocenters. The zero-order chi connectivity index (χ0) is 17.5. The molecule has 0 saturated heterocycles. The summed E-state index contributed by atoms with van der Waals surface area (Å²) >= 11 is 3.35. The van der Waals surface area contributed by atoms with Crippen molar-refractivity contribution in [1.29, 1.82) is 0 Å². The highest BCUT2D eigenvalue weighted by Gasteiger charge is 2.14. The minimum atomic E-state index is -0.242. The van der Waals surface area contributed by atoms with E-state index in [2.05, 4.69) is 21.2 Å². The number of amides is 1. The third kappa shape index (κ3) is 4.29. The van der Waals surface area contributed by atoms with Crippen LogP contribution in [0.2, 0.25) is 0 Å². The molecule has 0 spiro atoms. The fourth-order valence-corrected chi connectivity index (χ4v) is 2.40. The Balaban J connectivity index is 2.18. The smallest absolute Gasteiger partial charge is 0.248 e. The van der Waals surface area contributed by atoms with E-state index in [1.165, 1.54) is 20.3 Å². The lowest BCUT2D eigenvalue weighted by molar-refractivity contribution is -0.111. The number of rotatable bonds is 6. The number of benzene rings is 2. The zero-order valence-electron chi connectivity index (χ0n) is 13.6. The SMILES string of the molecule is COc1ccc(C=CC(=O)Nc2ccc(Br)cc2)c(OC)c1OC. The van der Waals surface area contributed by atoms with Gasteiger partial charge in [0, 0.05) is 21.8 Å². The quantitative estimate of drug-likeness (QED) is 0.752. The minimum Gasteiger partial charge on any atom is -0.493 e. The molecule has 24 heavy (non-hydrogen) atoms. The molecule has 1 amide bonds. The van der Waals surface area contributed by atoms with E-state index in [0.717, 1.165) is 4.47 Å². The van der Waals surface area contributed by atoms with Gasteiger partial charge in [-0.25, -0.2) is 0 Å². The molecule has 2 aromatic carbocycles. The van der Waals surface area contributed by atoms with E-state index in [0.29, 0.717) is 28.5 Å². The van der Waals surface area contributed by atoms with Crippen molar-refractivity contribution in [3.8, 4) is 17.2 Å². The summed E-state index contributed by atoms with van der Waals surface area (Å²) in [5, 5.41) is 2.78. The Hall–Kier alpha value is -2.47. The van der Waals surface area contributed by atoms with Crippen molar-refractivity contribution in [3.05, 3.63) is 52.5 Å². The Labute approximate surface area is 149 Å². The van der Waals surface area contributed by atoms with Crippen LogP contribution in [-0.4, -0.2) is 27.2 Å². The molecular weight excluding hydrogens is 374 g/mol. The van der Waals surface area contributed by atoms with Crippen LogP contribution >= 0.6 is 15.9 Å². The summed E-state index contributed by atoms with van der Waals surface area (Å²) in [7, 11) is 4.63. The maximum Gasteiger partial charge on any atom is 0.248 e. The van der Waals surface area contributed by atoms with Crippen LogP contribution in [-0.2, 0) is 4.79 Å². The van der Waals surface area contributed by atoms with Gasteiger partial charge in [0.1, 0.15) is 0 Å². The molecule has 0 aliphatic heterocycles. The first-order chi connectivity index (χ1) is 11.6. The third-order valence-corrected chi connectivity index (χ3v) is 3.79. The summed E-state index contributed by atoms with van der Waals surface area (Å²) in [4.78, 5) is 12.0. The molecule has 0 heterocycles. The second kappa shape index (κ2) is 8.40. The average Bonchev–Trinajstić information content (AvgIpc) is 2.60. The van der Waals surface area contributed by atoms with Crippen LogP contribution < -0.4 is 19.5 Å². The zero-order valence-corrected chi connectivity index (χ0v) is 15.2. The van der Waals surface area contributed by atoms with Gasteiger partial charge in [0.05, 0.1) is 21.3 Å². The monoisotopic (exact) mass is 391 g/mol. The first kappa shape index (κ1) is 17.9. The van der Waals surface area contributed by atoms with E-state index < -0.39 is 0 Å². The van der Waals surface area contributed by atoms with Gasteiger partial charge in [-0.15, -0.1) is 0 Å². The maximum absolute atomic E-state index is 12.0. The number of hydrogen-bond donors (Lipinski definition) is 1. The lowest BCUT2D eigenvalue weighted by Gasteiger charge is -2.13. The summed E-state index contributed by atoms with van der Waals surface area (Å²) in [5.41, 5.74) is 1.42. The van der Waals surface area contributed by atoms with Gasteiger partial charge in [-0.1, -0.05) is 15.9 Å². The standard InChI is InChI=1S/C18H18BrNO4/c1-22-15-10-4-12(17(23-2)18(15)24-3)5-11-16(21)20-14-8-6-13(19)7-9-14/h4-11H,1-3H3,(H,20,21). The van der Waals surface area contributed by atoms with Gasteiger partial charge in [0.25, 0.3) is 0 Å². The molecule has 0 bridgehead atoms. The van der Waals surface area contributed by atoms with Crippen molar-refractivity contribution in [2.45, 2.75) is 0 Å². The second-order valence-electron chi connectivity index (χ2n) is 4.75. The summed E-state index contributed by atoms with van der Waals surface area (Å²) in [6.45, 7) is 0. The number of anilines is 1. The van der Waals surface area contributed by atoms with Crippen molar-refractivity contribution in [2.24, 2.45) is 0 Å². The molecule has 0 atom stereocenters. The van der Waals surface area contributed by atoms with Crippen LogP contribution in [0.3, 0.4) is 0 Å². The lowest BCUT2D eigenvalue weighted by Crippen LogP contribution is -2.07. The van der Waals surface area contributed by atoms with E-state index in [4.69, 9.17) is 14.2 Å². The number of halogens is 1. The molecule has 0 aliphatic rings. The summed E-state index contributed by atoms with van der Waals surface area (Å²) < 4.78 is 16.9. The Morgan fingerprint density at radius 3 is 2.21 bits per heavy atom. The number of ether oxygens (including phenoxy) is 3. The molecule has 0 aromatic heterocycles. The van der Waals surface area contributed by atoms with E-state index >= 15 is 0 Å². The molecule has 0 aliphatic carbocycles. The van der Waals surface area contributed by atoms with Crippen molar-refractivity contribution in [2.75, 3.05) is 26.6 Å². The van der Waals surface area contributed by atoms with E-state index in [-0.39, 0.29) is 5.91 Å². The highest BCUT2D eigenvalue weighted by Crippen LogP contribution is 2.40. The first-order valence-electron chi connectivity index (χ1n) is 7.12. The predicted octanol–water partition coefficient (Wildman–Crippen LogP) is 4.13. The van der Waals surface area contributed by atoms with Crippen LogP contribution in [0.4, 0.5) is 5.69 Å². The molecule has 0 radical (unpaired) electrons. The minimum absolute atomic E-state index is 0.242. The van der Waals surface area contributed by atoms with Crippen molar-refractivity contribution in [1.82, 2.24) is 0 Å². The Kier molecular flexibility index (Phi) is 6.26. The van der Waals surface area contributed by atoms with Crippen LogP contribution in [0.15, 0.2) is 46.9 Å². The summed E-state index contributed by atoms with van der Waals surface area (Å²) in [5.74, 6) is 1.31. The fraction of sp³-hybridized carbons (Fsp3) is 0.167. The topological polar surface area (TPSA) is 56.8 Å². The Bertz CT molecular complexity index is 741. The largest absolute Gasteiger partial charge is 0.493 e. The van der Waals surface area contributed by atoms with Crippen molar-refractivity contribution in [3.63, 3.8) is 0 Å². The van der Waals surface area contributed by atoms with Gasteiger partial charge in [0.15, 0.2) is 11.5 Å². The second-order valence-corrected chi connectivity index (χ2v) is 5.67. The molecule has 2 aromatic rings. The highest BCUT2D eigenvalue weighted by molar-refractivity contribution is 9.10. The van der Waals surface area contributed by atoms with Gasteiger partial charge in [0.2, 0.25) is 11.7 Å². The van der Waals surface area contributed by atoms with E-state index in [1.54, 1.807) is 25.3 Å². The van der Waals surface area contributed by atoms with Gasteiger partial charge in [-0.2, -0.15) is 0 Å². The van der Waals surface area contributed by atoms with Crippen LogP contribution in [0.25, 0.3) is 6.08 Å². The van der Waals surface area contributed by atoms with Gasteiger partial charge in [-0.05, 0) is 42.5 Å². The van der Waals surface area contributed by atoms with E-state index in [9.17, 15) is 4.79 Å². The molecule has 1 N–H and O–H groups in total. The molecule has 0 fully saturated rings. The third-order valence-electron chi connectivity index (χ3n) is 3.26. The number of carbonyl (C=O) groups excluding carboxylic acids is 1. The molecule has 126 valence electrons. The first-order valence-corrected chi connectivity index (χ1v) is 7.92. The van der Waals surface area contributed by atoms with Crippen molar-refractivity contribution >= 4 is 33.6 Å². The molecule has 2 rings (SSSR count). The van der Waals surface area contributed by atoms with Gasteiger partial charge in [-0.3, -0.25) is 4.79 Å². The maximum atomic E-state index is 12.0. The van der Waals surface area contributed by atoms with E-state index in [1.807, 2.05) is 24.3 Å². The number of hydrogen-bond acceptors (Lipinski definition) is 4.